The average molecular weight is 311 g/mol. The molecule has 1 aromatic rings. The highest BCUT2D eigenvalue weighted by molar-refractivity contribution is 7.94. The number of hydrogen-bond donors (Lipinski definition) is 1. The molecule has 1 amide bonds. The molecule has 1 atom stereocenters. The summed E-state index contributed by atoms with van der Waals surface area (Å²) in [5.74, 6) is 0.586. The van der Waals surface area contributed by atoms with Gasteiger partial charge in [0.05, 0.1) is 20.0 Å². The molecule has 0 unspecified atom stereocenters. The minimum Gasteiger partial charge on any atom is -0.497 e. The highest BCUT2D eigenvalue weighted by atomic mass is 32.2. The zero-order valence-corrected chi connectivity index (χ0v) is 12.6. The molecule has 0 fully saturated rings. The molecule has 1 aliphatic rings. The van der Waals surface area contributed by atoms with Gasteiger partial charge in [0.15, 0.2) is 9.84 Å². The second-order valence-corrected chi connectivity index (χ2v) is 6.70. The smallest absolute Gasteiger partial charge is 0.225 e. The van der Waals surface area contributed by atoms with Crippen LogP contribution in [0.15, 0.2) is 29.7 Å². The Balaban J connectivity index is 2.01. The van der Waals surface area contributed by atoms with Crippen molar-refractivity contribution in [2.75, 3.05) is 25.3 Å². The number of allylic oxidation sites excluding steroid dienone is 1. The first kappa shape index (κ1) is 15.4. The molecule has 6 nitrogen and oxygen atoms in total. The SMILES string of the molecule is COc1cc(NC(=O)C[C@H]2C=CS(=O)(=O)C2)cc(OC)c1. The van der Waals surface area contributed by atoms with Crippen molar-refractivity contribution >= 4 is 21.4 Å². The van der Waals surface area contributed by atoms with Gasteiger partial charge in [-0.2, -0.15) is 0 Å². The third kappa shape index (κ3) is 4.22. The first-order chi connectivity index (χ1) is 9.91. The molecule has 2 rings (SSSR count). The molecule has 21 heavy (non-hydrogen) atoms. The standard InChI is InChI=1S/C14H17NO5S/c1-19-12-6-11(7-13(8-12)20-2)15-14(16)5-10-3-4-21(17,18)9-10/h3-4,6-8,10H,5,9H2,1-2H3,(H,15,16)/t10-/m1/s1. The number of nitrogens with one attached hydrogen (secondary N) is 1. The number of anilines is 1. The number of hydrogen-bond acceptors (Lipinski definition) is 5. The van der Waals surface area contributed by atoms with Gasteiger partial charge in [0.2, 0.25) is 5.91 Å². The Labute approximate surface area is 123 Å². The van der Waals surface area contributed by atoms with Crippen molar-refractivity contribution < 1.29 is 22.7 Å². The average Bonchev–Trinajstić information content (AvgIpc) is 2.77. The topological polar surface area (TPSA) is 81.7 Å². The highest BCUT2D eigenvalue weighted by Gasteiger charge is 2.23. The van der Waals surface area contributed by atoms with Crippen molar-refractivity contribution in [2.45, 2.75) is 6.42 Å². The second-order valence-electron chi connectivity index (χ2n) is 4.77. The zero-order chi connectivity index (χ0) is 15.5. The van der Waals surface area contributed by atoms with Crippen LogP contribution >= 0.6 is 0 Å². The summed E-state index contributed by atoms with van der Waals surface area (Å²) in [5, 5.41) is 3.88. The van der Waals surface area contributed by atoms with Crippen molar-refractivity contribution in [2.24, 2.45) is 5.92 Å². The van der Waals surface area contributed by atoms with Crippen molar-refractivity contribution in [1.29, 1.82) is 0 Å². The van der Waals surface area contributed by atoms with Crippen molar-refractivity contribution in [3.63, 3.8) is 0 Å². The first-order valence-electron chi connectivity index (χ1n) is 6.36. The van der Waals surface area contributed by atoms with E-state index in [-0.39, 0.29) is 24.0 Å². The van der Waals surface area contributed by atoms with Gasteiger partial charge in [0.1, 0.15) is 11.5 Å². The monoisotopic (exact) mass is 311 g/mol. The number of methoxy groups -OCH3 is 2. The molecule has 1 aromatic carbocycles. The molecular formula is C14H17NO5S. The van der Waals surface area contributed by atoms with Gasteiger partial charge in [0.25, 0.3) is 0 Å². The number of ether oxygens (including phenoxy) is 2. The number of benzene rings is 1. The summed E-state index contributed by atoms with van der Waals surface area (Å²) in [5.41, 5.74) is 0.543. The Bertz CT molecular complexity index is 644. The lowest BCUT2D eigenvalue weighted by atomic mass is 10.1. The lowest BCUT2D eigenvalue weighted by Gasteiger charge is -2.11. The fourth-order valence-corrected chi connectivity index (χ4v) is 3.50. The third-order valence-electron chi connectivity index (χ3n) is 3.09. The third-order valence-corrected chi connectivity index (χ3v) is 4.55. The summed E-state index contributed by atoms with van der Waals surface area (Å²) in [7, 11) is -0.0911. The van der Waals surface area contributed by atoms with E-state index >= 15 is 0 Å². The maximum Gasteiger partial charge on any atom is 0.225 e. The molecule has 1 N–H and O–H groups in total. The number of amides is 1. The zero-order valence-electron chi connectivity index (χ0n) is 11.8. The number of rotatable bonds is 5. The van der Waals surface area contributed by atoms with Crippen molar-refractivity contribution in [3.05, 3.63) is 29.7 Å². The summed E-state index contributed by atoms with van der Waals surface area (Å²) in [6, 6.07) is 5.03. The van der Waals surface area contributed by atoms with Gasteiger partial charge in [-0.05, 0) is 0 Å². The highest BCUT2D eigenvalue weighted by Crippen LogP contribution is 2.26. The molecular weight excluding hydrogens is 294 g/mol. The lowest BCUT2D eigenvalue weighted by Crippen LogP contribution is -2.17. The quantitative estimate of drug-likeness (QED) is 0.893. The summed E-state index contributed by atoms with van der Waals surface area (Å²) >= 11 is 0. The van der Waals surface area contributed by atoms with Crippen molar-refractivity contribution in [3.8, 4) is 11.5 Å². The largest absolute Gasteiger partial charge is 0.497 e. The lowest BCUT2D eigenvalue weighted by molar-refractivity contribution is -0.116. The minimum absolute atomic E-state index is 0.0121. The number of carbonyl (C=O) groups is 1. The van der Waals surface area contributed by atoms with Crippen LogP contribution < -0.4 is 14.8 Å². The van der Waals surface area contributed by atoms with E-state index < -0.39 is 9.84 Å². The predicted molar refractivity (Wildman–Crippen MR) is 79.2 cm³/mol. The summed E-state index contributed by atoms with van der Waals surface area (Å²) in [4.78, 5) is 12.0. The number of sulfone groups is 1. The molecule has 0 aromatic heterocycles. The van der Waals surface area contributed by atoms with Gasteiger partial charge in [0, 0.05) is 41.6 Å². The molecule has 0 aliphatic carbocycles. The van der Waals surface area contributed by atoms with Gasteiger partial charge in [-0.25, -0.2) is 8.42 Å². The molecule has 0 radical (unpaired) electrons. The van der Waals surface area contributed by atoms with Gasteiger partial charge in [-0.1, -0.05) is 6.08 Å². The van der Waals surface area contributed by atoms with Crippen LogP contribution in [0.2, 0.25) is 0 Å². The number of carbonyl (C=O) groups excluding carboxylic acids is 1. The van der Waals surface area contributed by atoms with E-state index in [1.165, 1.54) is 19.6 Å². The van der Waals surface area contributed by atoms with E-state index in [1.807, 2.05) is 0 Å². The Hall–Kier alpha value is -2.02. The molecule has 114 valence electrons. The van der Waals surface area contributed by atoms with Gasteiger partial charge < -0.3 is 14.8 Å². The molecule has 7 heteroatoms. The predicted octanol–water partition coefficient (Wildman–Crippen LogP) is 1.59. The van der Waals surface area contributed by atoms with E-state index in [0.717, 1.165) is 0 Å². The molecule has 1 aliphatic heterocycles. The van der Waals surface area contributed by atoms with Crippen LogP contribution in [-0.2, 0) is 14.6 Å². The molecule has 0 spiro atoms. The maximum atomic E-state index is 12.0. The summed E-state index contributed by atoms with van der Waals surface area (Å²) in [6.45, 7) is 0. The molecule has 0 bridgehead atoms. The molecule has 0 saturated carbocycles. The molecule has 0 saturated heterocycles. The van der Waals surface area contributed by atoms with Crippen LogP contribution in [0.4, 0.5) is 5.69 Å². The van der Waals surface area contributed by atoms with Crippen LogP contribution in [0.1, 0.15) is 6.42 Å². The van der Waals surface area contributed by atoms with Crippen LogP contribution in [0.3, 0.4) is 0 Å². The van der Waals surface area contributed by atoms with E-state index in [1.54, 1.807) is 24.3 Å². The Morgan fingerprint density at radius 2 is 1.86 bits per heavy atom. The first-order valence-corrected chi connectivity index (χ1v) is 8.07. The van der Waals surface area contributed by atoms with Crippen LogP contribution in [0.25, 0.3) is 0 Å². The van der Waals surface area contributed by atoms with Crippen LogP contribution in [0, 0.1) is 5.92 Å². The van der Waals surface area contributed by atoms with E-state index in [2.05, 4.69) is 5.32 Å². The Morgan fingerprint density at radius 1 is 1.24 bits per heavy atom. The normalized spacial score (nSPS) is 19.2. The van der Waals surface area contributed by atoms with Gasteiger partial charge >= 0.3 is 0 Å². The minimum atomic E-state index is -3.14. The fourth-order valence-electron chi connectivity index (χ4n) is 2.10. The fraction of sp³-hybridized carbons (Fsp3) is 0.357. The second kappa shape index (κ2) is 6.17. The summed E-state index contributed by atoms with van der Waals surface area (Å²) in [6.07, 6.45) is 1.68. The van der Waals surface area contributed by atoms with Gasteiger partial charge in [-0.3, -0.25) is 4.79 Å². The summed E-state index contributed by atoms with van der Waals surface area (Å²) < 4.78 is 32.8. The van der Waals surface area contributed by atoms with E-state index in [0.29, 0.717) is 17.2 Å². The maximum absolute atomic E-state index is 12.0. The Kier molecular flexibility index (Phi) is 4.52. The Morgan fingerprint density at radius 3 is 2.33 bits per heavy atom. The van der Waals surface area contributed by atoms with Crippen molar-refractivity contribution in [1.82, 2.24) is 0 Å². The van der Waals surface area contributed by atoms with Crippen LogP contribution in [-0.4, -0.2) is 34.3 Å². The van der Waals surface area contributed by atoms with Crippen LogP contribution in [0.5, 0.6) is 11.5 Å². The van der Waals surface area contributed by atoms with E-state index in [4.69, 9.17) is 9.47 Å². The van der Waals surface area contributed by atoms with E-state index in [9.17, 15) is 13.2 Å². The molecule has 1 heterocycles. The van der Waals surface area contributed by atoms with Gasteiger partial charge in [-0.15, -0.1) is 0 Å².